The minimum Gasteiger partial charge on any atom is -0.300 e. The first kappa shape index (κ1) is 7.36. The molecule has 0 spiro atoms. The molecule has 0 amide bonds. The highest BCUT2D eigenvalue weighted by Gasteiger charge is 2.19. The van der Waals surface area contributed by atoms with E-state index in [1.54, 1.807) is 11.8 Å². The van der Waals surface area contributed by atoms with Crippen molar-refractivity contribution in [1.82, 2.24) is 10.2 Å². The van der Waals surface area contributed by atoms with E-state index < -0.39 is 0 Å². The fraction of sp³-hybridized carbons (Fsp3) is 0.500. The zero-order chi connectivity index (χ0) is 7.84. The summed E-state index contributed by atoms with van der Waals surface area (Å²) in [7, 11) is 0. The van der Waals surface area contributed by atoms with Crippen LogP contribution in [0, 0.1) is 0 Å². The van der Waals surface area contributed by atoms with Crippen LogP contribution in [0.1, 0.15) is 12.6 Å². The van der Waals surface area contributed by atoms with Crippen LogP contribution in [-0.2, 0) is 5.75 Å². The molecule has 11 heavy (non-hydrogen) atoms. The van der Waals surface area contributed by atoms with E-state index in [1.807, 2.05) is 11.8 Å². The minimum absolute atomic E-state index is 0.0251. The maximum Gasteiger partial charge on any atom is 0.277 e. The third-order valence-electron chi connectivity index (χ3n) is 1.55. The number of aromatic nitrogens is 2. The normalized spacial score (nSPS) is 23.2. The van der Waals surface area contributed by atoms with E-state index in [-0.39, 0.29) is 5.56 Å². The first-order valence-corrected chi connectivity index (χ1v) is 5.28. The Kier molecular flexibility index (Phi) is 1.77. The van der Waals surface area contributed by atoms with Crippen LogP contribution in [0.4, 0.5) is 0 Å². The Morgan fingerprint density at radius 1 is 1.55 bits per heavy atom. The topological polar surface area (TPSA) is 48.6 Å². The van der Waals surface area contributed by atoms with Crippen molar-refractivity contribution in [3.63, 3.8) is 0 Å². The van der Waals surface area contributed by atoms with Crippen LogP contribution in [-0.4, -0.2) is 14.8 Å². The molecule has 1 aromatic rings. The molecule has 5 heteroatoms. The van der Waals surface area contributed by atoms with Gasteiger partial charge in [-0.25, -0.2) is 0 Å². The van der Waals surface area contributed by atoms with Crippen molar-refractivity contribution in [3.8, 4) is 0 Å². The van der Waals surface area contributed by atoms with Gasteiger partial charge in [-0.15, -0.1) is 23.5 Å². The summed E-state index contributed by atoms with van der Waals surface area (Å²) in [4.78, 5) is 12.0. The van der Waals surface area contributed by atoms with E-state index in [4.69, 9.17) is 0 Å². The van der Waals surface area contributed by atoms with Crippen molar-refractivity contribution in [2.75, 3.05) is 0 Å². The molecule has 60 valence electrons. The van der Waals surface area contributed by atoms with Crippen molar-refractivity contribution < 1.29 is 0 Å². The summed E-state index contributed by atoms with van der Waals surface area (Å²) in [6, 6.07) is 0. The average Bonchev–Trinajstić information content (AvgIpc) is 2.33. The Morgan fingerprint density at radius 2 is 2.36 bits per heavy atom. The standard InChI is InChI=1S/C6H8N2OS2/c1-3-10-2-4-5(11-3)6(9)8-7-4/h3H,2H2,1H3,(H2,7,8,9). The molecule has 0 saturated heterocycles. The van der Waals surface area contributed by atoms with Crippen LogP contribution < -0.4 is 5.56 Å². The third kappa shape index (κ3) is 1.22. The molecule has 2 heterocycles. The van der Waals surface area contributed by atoms with E-state index >= 15 is 0 Å². The van der Waals surface area contributed by atoms with Crippen LogP contribution in [0.25, 0.3) is 0 Å². The van der Waals surface area contributed by atoms with Gasteiger partial charge in [0.1, 0.15) is 0 Å². The summed E-state index contributed by atoms with van der Waals surface area (Å²) in [5.74, 6) is 0.919. The predicted octanol–water partition coefficient (Wildman–Crippen LogP) is 1.39. The van der Waals surface area contributed by atoms with Crippen molar-refractivity contribution in [3.05, 3.63) is 16.0 Å². The van der Waals surface area contributed by atoms with Gasteiger partial charge in [0.15, 0.2) is 0 Å². The Labute approximate surface area is 72.3 Å². The molecule has 0 radical (unpaired) electrons. The molecule has 3 nitrogen and oxygen atoms in total. The lowest BCUT2D eigenvalue weighted by molar-refractivity contribution is 1.01. The van der Waals surface area contributed by atoms with Gasteiger partial charge in [-0.05, 0) is 6.92 Å². The van der Waals surface area contributed by atoms with Gasteiger partial charge in [0.2, 0.25) is 0 Å². The van der Waals surface area contributed by atoms with Gasteiger partial charge in [-0.2, -0.15) is 0 Å². The monoisotopic (exact) mass is 188 g/mol. The lowest BCUT2D eigenvalue weighted by Gasteiger charge is -2.14. The fourth-order valence-electron chi connectivity index (χ4n) is 1.01. The summed E-state index contributed by atoms with van der Waals surface area (Å²) in [6.45, 7) is 2.12. The van der Waals surface area contributed by atoms with Crippen molar-refractivity contribution >= 4 is 23.5 Å². The van der Waals surface area contributed by atoms with E-state index in [2.05, 4.69) is 17.1 Å². The number of hydrogen-bond acceptors (Lipinski definition) is 3. The summed E-state index contributed by atoms with van der Waals surface area (Å²) >= 11 is 3.48. The fourth-order valence-corrected chi connectivity index (χ4v) is 3.24. The van der Waals surface area contributed by atoms with Gasteiger partial charge in [0.25, 0.3) is 5.56 Å². The maximum absolute atomic E-state index is 11.1. The Hall–Kier alpha value is -0.290. The molecule has 2 rings (SSSR count). The van der Waals surface area contributed by atoms with Crippen molar-refractivity contribution in [2.24, 2.45) is 0 Å². The Bertz CT molecular complexity index is 317. The van der Waals surface area contributed by atoms with E-state index in [0.717, 1.165) is 16.3 Å². The van der Waals surface area contributed by atoms with Crippen LogP contribution >= 0.6 is 23.5 Å². The smallest absolute Gasteiger partial charge is 0.277 e. The van der Waals surface area contributed by atoms with Gasteiger partial charge >= 0.3 is 0 Å². The highest BCUT2D eigenvalue weighted by atomic mass is 32.2. The minimum atomic E-state index is 0.0251. The first-order chi connectivity index (χ1) is 5.27. The Balaban J connectivity index is 2.45. The number of thioether (sulfide) groups is 2. The lowest BCUT2D eigenvalue weighted by atomic mass is 10.5. The highest BCUT2D eigenvalue weighted by Crippen LogP contribution is 2.37. The summed E-state index contributed by atoms with van der Waals surface area (Å²) in [6.07, 6.45) is 0. The molecule has 1 atom stereocenters. The maximum atomic E-state index is 11.1. The van der Waals surface area contributed by atoms with Gasteiger partial charge in [-0.1, -0.05) is 0 Å². The number of fused-ring (bicyclic) bond motifs is 1. The molecule has 0 aromatic carbocycles. The van der Waals surface area contributed by atoms with Crippen LogP contribution in [0.15, 0.2) is 9.69 Å². The van der Waals surface area contributed by atoms with Gasteiger partial charge in [0, 0.05) is 5.75 Å². The van der Waals surface area contributed by atoms with Crippen molar-refractivity contribution in [1.29, 1.82) is 0 Å². The molecular weight excluding hydrogens is 180 g/mol. The number of hydrogen-bond donors (Lipinski definition) is 2. The average molecular weight is 188 g/mol. The summed E-state index contributed by atoms with van der Waals surface area (Å²) < 4.78 is 0.499. The van der Waals surface area contributed by atoms with Crippen LogP contribution in [0.2, 0.25) is 0 Å². The zero-order valence-corrected chi connectivity index (χ0v) is 7.64. The number of H-pyrrole nitrogens is 2. The highest BCUT2D eigenvalue weighted by molar-refractivity contribution is 8.17. The second-order valence-electron chi connectivity index (χ2n) is 2.38. The molecule has 0 bridgehead atoms. The number of aromatic amines is 2. The quantitative estimate of drug-likeness (QED) is 0.647. The number of rotatable bonds is 0. The second kappa shape index (κ2) is 2.64. The molecule has 0 saturated carbocycles. The zero-order valence-electron chi connectivity index (χ0n) is 6.01. The summed E-state index contributed by atoms with van der Waals surface area (Å²) in [5.41, 5.74) is 1.07. The molecule has 0 fully saturated rings. The second-order valence-corrected chi connectivity index (χ2v) is 5.36. The van der Waals surface area contributed by atoms with E-state index in [1.165, 1.54) is 0 Å². The summed E-state index contributed by atoms with van der Waals surface area (Å²) in [5, 5.41) is 5.45. The van der Waals surface area contributed by atoms with E-state index in [0.29, 0.717) is 4.58 Å². The van der Waals surface area contributed by atoms with Gasteiger partial charge in [-0.3, -0.25) is 9.89 Å². The third-order valence-corrected chi connectivity index (χ3v) is 4.17. The Morgan fingerprint density at radius 3 is 3.18 bits per heavy atom. The van der Waals surface area contributed by atoms with Crippen molar-refractivity contribution in [2.45, 2.75) is 22.2 Å². The van der Waals surface area contributed by atoms with E-state index in [9.17, 15) is 4.79 Å². The van der Waals surface area contributed by atoms with Gasteiger partial charge < -0.3 is 5.10 Å². The molecule has 1 aromatic heterocycles. The first-order valence-electron chi connectivity index (χ1n) is 3.35. The predicted molar refractivity (Wildman–Crippen MR) is 48.0 cm³/mol. The molecule has 1 aliphatic heterocycles. The van der Waals surface area contributed by atoms with Crippen LogP contribution in [0.3, 0.4) is 0 Å². The molecule has 1 unspecified atom stereocenters. The molecule has 1 aliphatic rings. The lowest BCUT2D eigenvalue weighted by Crippen LogP contribution is -2.06. The molecule has 2 N–H and O–H groups in total. The molecule has 0 aliphatic carbocycles. The SMILES string of the molecule is CC1SCc2[nH][nH]c(=O)c2S1. The largest absolute Gasteiger partial charge is 0.300 e. The van der Waals surface area contributed by atoms with Crippen LogP contribution in [0.5, 0.6) is 0 Å². The number of nitrogens with one attached hydrogen (secondary N) is 2. The molecular formula is C6H8N2OS2. The van der Waals surface area contributed by atoms with Gasteiger partial charge in [0.05, 0.1) is 15.2 Å².